The Morgan fingerprint density at radius 2 is 1.78 bits per heavy atom. The van der Waals surface area contributed by atoms with E-state index in [1.54, 1.807) is 14.1 Å². The van der Waals surface area contributed by atoms with Gasteiger partial charge >= 0.3 is 6.41 Å². The van der Waals surface area contributed by atoms with Crippen molar-refractivity contribution in [2.45, 2.75) is 19.8 Å². The number of hydrogen-bond acceptors (Lipinski definition) is 2. The summed E-state index contributed by atoms with van der Waals surface area (Å²) in [4.78, 5) is 0. The molecular weight excluding hydrogens is 118 g/mol. The van der Waals surface area contributed by atoms with Crippen LogP contribution in [0.3, 0.4) is 0 Å². The molecule has 0 aliphatic rings. The van der Waals surface area contributed by atoms with E-state index < -0.39 is 6.41 Å². The van der Waals surface area contributed by atoms with Crippen molar-refractivity contribution in [2.75, 3.05) is 20.6 Å². The van der Waals surface area contributed by atoms with Gasteiger partial charge in [0, 0.05) is 0 Å². The highest BCUT2D eigenvalue weighted by Gasteiger charge is 2.21. The molecule has 2 N–H and O–H groups in total. The largest absolute Gasteiger partial charge is 0.322 e. The molecule has 0 fully saturated rings. The van der Waals surface area contributed by atoms with Crippen LogP contribution in [-0.2, 0) is 0 Å². The molecule has 0 atom stereocenters. The second kappa shape index (κ2) is 3.15. The second-order valence-corrected chi connectivity index (χ2v) is 2.85. The maximum atomic E-state index is 8.74. The van der Waals surface area contributed by atoms with Gasteiger partial charge in [-0.1, -0.05) is 6.92 Å². The van der Waals surface area contributed by atoms with E-state index >= 15 is 0 Å². The molecule has 0 aliphatic carbocycles. The molecule has 0 saturated heterocycles. The van der Waals surface area contributed by atoms with Crippen molar-refractivity contribution in [2.24, 2.45) is 0 Å². The number of nitrogens with zero attached hydrogens (tertiary/aromatic N) is 1. The summed E-state index contributed by atoms with van der Waals surface area (Å²) in [5.41, 5.74) is 0. The Morgan fingerprint density at radius 1 is 1.33 bits per heavy atom. The standard InChI is InChI=1S/C6H16NO2/c1-4-5-7(2,3)6(8)9/h6,8-9H,4-5H2,1-3H3/q+1. The third-order valence-electron chi connectivity index (χ3n) is 1.43. The van der Waals surface area contributed by atoms with Gasteiger partial charge in [0.2, 0.25) is 0 Å². The van der Waals surface area contributed by atoms with Crippen LogP contribution in [-0.4, -0.2) is 41.8 Å². The normalized spacial score (nSPS) is 12.7. The number of rotatable bonds is 3. The Balaban J connectivity index is 3.70. The highest BCUT2D eigenvalue weighted by atomic mass is 16.5. The average Bonchev–Trinajstić information content (AvgIpc) is 1.65. The SMILES string of the molecule is CCC[N+](C)(C)C(O)O. The van der Waals surface area contributed by atoms with Crippen LogP contribution in [0.4, 0.5) is 0 Å². The first-order valence-corrected chi connectivity index (χ1v) is 3.19. The van der Waals surface area contributed by atoms with Gasteiger partial charge in [-0.15, -0.1) is 0 Å². The zero-order valence-electron chi connectivity index (χ0n) is 6.33. The Morgan fingerprint density at radius 3 is 1.89 bits per heavy atom. The Hall–Kier alpha value is -0.120. The summed E-state index contributed by atoms with van der Waals surface area (Å²) in [6.45, 7) is 2.81. The van der Waals surface area contributed by atoms with Crippen molar-refractivity contribution in [1.82, 2.24) is 0 Å². The van der Waals surface area contributed by atoms with Crippen molar-refractivity contribution < 1.29 is 14.7 Å². The summed E-state index contributed by atoms with van der Waals surface area (Å²) in [5.74, 6) is 0. The first-order chi connectivity index (χ1) is 4.00. The lowest BCUT2D eigenvalue weighted by atomic mass is 10.4. The molecule has 9 heavy (non-hydrogen) atoms. The number of hydrogen-bond donors (Lipinski definition) is 2. The smallest absolute Gasteiger partial charge is 0.303 e. The predicted octanol–water partition coefficient (Wildman–Crippen LogP) is -0.259. The van der Waals surface area contributed by atoms with Gasteiger partial charge < -0.3 is 10.2 Å². The second-order valence-electron chi connectivity index (χ2n) is 2.85. The molecule has 0 aromatic heterocycles. The van der Waals surface area contributed by atoms with Crippen LogP contribution >= 0.6 is 0 Å². The molecule has 0 aromatic rings. The fourth-order valence-corrected chi connectivity index (χ4v) is 0.692. The van der Waals surface area contributed by atoms with Gasteiger partial charge in [0.15, 0.2) is 0 Å². The molecule has 3 heteroatoms. The molecule has 0 aromatic carbocycles. The van der Waals surface area contributed by atoms with Crippen LogP contribution in [0.5, 0.6) is 0 Å². The van der Waals surface area contributed by atoms with Gasteiger partial charge in [0.1, 0.15) is 0 Å². The molecule has 0 heterocycles. The van der Waals surface area contributed by atoms with Crippen LogP contribution in [0.25, 0.3) is 0 Å². The summed E-state index contributed by atoms with van der Waals surface area (Å²) >= 11 is 0. The van der Waals surface area contributed by atoms with Crippen LogP contribution < -0.4 is 0 Å². The van der Waals surface area contributed by atoms with Gasteiger partial charge in [-0.25, -0.2) is 0 Å². The minimum absolute atomic E-state index is 0.260. The first-order valence-electron chi connectivity index (χ1n) is 3.19. The van der Waals surface area contributed by atoms with Crippen LogP contribution in [0.2, 0.25) is 0 Å². The zero-order chi connectivity index (χ0) is 7.49. The number of aliphatic hydroxyl groups excluding tert-OH is 1. The van der Waals surface area contributed by atoms with Crippen molar-refractivity contribution in [3.63, 3.8) is 0 Å². The molecule has 0 radical (unpaired) electrons. The molecule has 0 aliphatic heterocycles. The lowest BCUT2D eigenvalue weighted by Crippen LogP contribution is -2.49. The van der Waals surface area contributed by atoms with Crippen molar-refractivity contribution in [1.29, 1.82) is 0 Å². The molecule has 0 spiro atoms. The van der Waals surface area contributed by atoms with Crippen molar-refractivity contribution in [3.05, 3.63) is 0 Å². The minimum Gasteiger partial charge on any atom is -0.322 e. The molecule has 0 amide bonds. The van der Waals surface area contributed by atoms with E-state index in [0.717, 1.165) is 13.0 Å². The highest BCUT2D eigenvalue weighted by molar-refractivity contribution is 4.25. The van der Waals surface area contributed by atoms with E-state index in [4.69, 9.17) is 10.2 Å². The number of aliphatic hydroxyl groups is 2. The van der Waals surface area contributed by atoms with Crippen molar-refractivity contribution >= 4 is 0 Å². The van der Waals surface area contributed by atoms with Crippen LogP contribution in [0.15, 0.2) is 0 Å². The molecular formula is C6H16NO2+. The zero-order valence-corrected chi connectivity index (χ0v) is 6.33. The Labute approximate surface area is 56.1 Å². The fraction of sp³-hybridized carbons (Fsp3) is 1.00. The van der Waals surface area contributed by atoms with E-state index in [0.29, 0.717) is 0 Å². The lowest BCUT2D eigenvalue weighted by Gasteiger charge is -2.30. The number of quaternary nitrogens is 1. The molecule has 56 valence electrons. The van der Waals surface area contributed by atoms with E-state index in [1.807, 2.05) is 6.92 Å². The van der Waals surface area contributed by atoms with Gasteiger partial charge in [-0.05, 0) is 6.42 Å². The van der Waals surface area contributed by atoms with E-state index in [-0.39, 0.29) is 4.48 Å². The van der Waals surface area contributed by atoms with Gasteiger partial charge in [0.05, 0.1) is 20.6 Å². The Kier molecular flexibility index (Phi) is 3.11. The predicted molar refractivity (Wildman–Crippen MR) is 35.5 cm³/mol. The molecule has 0 bridgehead atoms. The van der Waals surface area contributed by atoms with E-state index in [2.05, 4.69) is 0 Å². The van der Waals surface area contributed by atoms with Crippen LogP contribution in [0, 0.1) is 0 Å². The monoisotopic (exact) mass is 134 g/mol. The fourth-order valence-electron chi connectivity index (χ4n) is 0.692. The van der Waals surface area contributed by atoms with E-state index in [1.165, 1.54) is 0 Å². The highest BCUT2D eigenvalue weighted by Crippen LogP contribution is 2.01. The quantitative estimate of drug-likeness (QED) is 0.412. The summed E-state index contributed by atoms with van der Waals surface area (Å²) in [6.07, 6.45) is -0.283. The van der Waals surface area contributed by atoms with Gasteiger partial charge in [0.25, 0.3) is 0 Å². The van der Waals surface area contributed by atoms with Gasteiger partial charge in [-0.3, -0.25) is 4.48 Å². The molecule has 3 nitrogen and oxygen atoms in total. The first kappa shape index (κ1) is 8.88. The third-order valence-corrected chi connectivity index (χ3v) is 1.43. The van der Waals surface area contributed by atoms with Crippen molar-refractivity contribution in [3.8, 4) is 0 Å². The van der Waals surface area contributed by atoms with Gasteiger partial charge in [-0.2, -0.15) is 0 Å². The summed E-state index contributed by atoms with van der Waals surface area (Å²) in [5, 5.41) is 17.5. The van der Waals surface area contributed by atoms with Crippen LogP contribution in [0.1, 0.15) is 13.3 Å². The Bertz CT molecular complexity index is 81.1. The maximum Gasteiger partial charge on any atom is 0.303 e. The summed E-state index contributed by atoms with van der Waals surface area (Å²) < 4.78 is 0.260. The maximum absolute atomic E-state index is 8.74. The summed E-state index contributed by atoms with van der Waals surface area (Å²) in [6, 6.07) is 0. The summed E-state index contributed by atoms with van der Waals surface area (Å²) in [7, 11) is 3.57. The molecule has 0 rings (SSSR count). The lowest BCUT2D eigenvalue weighted by molar-refractivity contribution is -0.960. The topological polar surface area (TPSA) is 40.5 Å². The molecule has 0 saturated carbocycles. The van der Waals surface area contributed by atoms with E-state index in [9.17, 15) is 0 Å². The average molecular weight is 134 g/mol. The minimum atomic E-state index is -1.25. The molecule has 0 unspecified atom stereocenters. The third kappa shape index (κ3) is 2.79.